The Morgan fingerprint density at radius 3 is 2.44 bits per heavy atom. The summed E-state index contributed by atoms with van der Waals surface area (Å²) < 4.78 is 42.8. The topological polar surface area (TPSA) is 87.7 Å². The smallest absolute Gasteiger partial charge is 0.444 e. The lowest BCUT2D eigenvalue weighted by atomic mass is 9.87. The van der Waals surface area contributed by atoms with Crippen LogP contribution in [0.3, 0.4) is 0 Å². The number of alkyl carbamates (subject to hydrolysis) is 1. The van der Waals surface area contributed by atoms with Crippen LogP contribution in [0.4, 0.5) is 18.0 Å². The predicted molar refractivity (Wildman–Crippen MR) is 143 cm³/mol. The second-order valence-corrected chi connectivity index (χ2v) is 11.7. The first kappa shape index (κ1) is 30.5. The molecule has 1 aliphatic heterocycles. The number of unbranched alkanes of at least 4 members (excludes halogenated alkanes) is 1. The number of hydrogen-bond acceptors (Lipinski definition) is 4. The molecule has 2 atom stereocenters. The highest BCUT2D eigenvalue weighted by Gasteiger charge is 2.40. The normalized spacial score (nSPS) is 18.0. The van der Waals surface area contributed by atoms with Crippen molar-refractivity contribution in [3.8, 4) is 0 Å². The van der Waals surface area contributed by atoms with Gasteiger partial charge in [0.2, 0.25) is 5.91 Å². The lowest BCUT2D eigenvalue weighted by Crippen LogP contribution is -2.54. The van der Waals surface area contributed by atoms with Crippen LogP contribution in [0.15, 0.2) is 29.8 Å². The first-order valence-electron chi connectivity index (χ1n) is 13.6. The van der Waals surface area contributed by atoms with Gasteiger partial charge in [-0.2, -0.15) is 13.2 Å². The van der Waals surface area contributed by atoms with E-state index >= 15 is 0 Å². The largest absolute Gasteiger partial charge is 0.471 e. The number of benzene rings is 1. The maximum absolute atomic E-state index is 14.0. The summed E-state index contributed by atoms with van der Waals surface area (Å²) >= 11 is 0. The Hall–Kier alpha value is -3.04. The average molecular weight is 552 g/mol. The summed E-state index contributed by atoms with van der Waals surface area (Å²) in [6.07, 6.45) is -2.63. The molecule has 1 aromatic carbocycles. The SMILES string of the molecule is CC(C)CC1C2=C(CCN1C(=O)[C@@H](CCCCNC(=O)C(F)(F)F)NC(=O)OC(C)(C)C)c1ccccc1C2. The fourth-order valence-electron chi connectivity index (χ4n) is 5.31. The van der Waals surface area contributed by atoms with Crippen molar-refractivity contribution in [1.82, 2.24) is 15.5 Å². The fourth-order valence-corrected chi connectivity index (χ4v) is 5.31. The number of alkyl halides is 3. The highest BCUT2D eigenvalue weighted by Crippen LogP contribution is 2.42. The standard InChI is InChI=1S/C29H40F3N3O4/c1-18(2)16-24-22-17-19-10-6-7-11-20(19)21(22)13-15-35(24)25(36)23(34-27(38)39-28(3,4)5)12-8-9-14-33-26(37)29(30,31)32/h6-7,10-11,18,23-24H,8-9,12-17H2,1-5H3,(H,33,37)(H,34,38)/t23-,24?/m1/s1. The Morgan fingerprint density at radius 2 is 1.79 bits per heavy atom. The van der Waals surface area contributed by atoms with Crippen LogP contribution in [-0.4, -0.2) is 59.8 Å². The van der Waals surface area contributed by atoms with Gasteiger partial charge in [0, 0.05) is 13.1 Å². The second kappa shape index (κ2) is 12.4. The van der Waals surface area contributed by atoms with Crippen LogP contribution in [0.1, 0.15) is 77.8 Å². The molecule has 0 saturated heterocycles. The number of amides is 3. The molecule has 1 heterocycles. The minimum absolute atomic E-state index is 0.109. The van der Waals surface area contributed by atoms with Crippen LogP contribution in [0.2, 0.25) is 0 Å². The lowest BCUT2D eigenvalue weighted by Gasteiger charge is -2.40. The molecule has 3 rings (SSSR count). The Morgan fingerprint density at radius 1 is 1.10 bits per heavy atom. The molecule has 2 N–H and O–H groups in total. The number of ether oxygens (including phenoxy) is 1. The van der Waals surface area contributed by atoms with Crippen LogP contribution < -0.4 is 10.6 Å². The van der Waals surface area contributed by atoms with Gasteiger partial charge in [-0.3, -0.25) is 9.59 Å². The molecule has 39 heavy (non-hydrogen) atoms. The van der Waals surface area contributed by atoms with Crippen LogP contribution in [-0.2, 0) is 20.7 Å². The van der Waals surface area contributed by atoms with E-state index in [2.05, 4.69) is 31.3 Å². The molecule has 216 valence electrons. The van der Waals surface area contributed by atoms with E-state index in [0.717, 1.165) is 19.3 Å². The van der Waals surface area contributed by atoms with Gasteiger partial charge in [0.05, 0.1) is 6.04 Å². The molecule has 0 bridgehead atoms. The van der Waals surface area contributed by atoms with Crippen molar-refractivity contribution < 1.29 is 32.3 Å². The van der Waals surface area contributed by atoms with Crippen molar-refractivity contribution >= 4 is 23.5 Å². The van der Waals surface area contributed by atoms with Gasteiger partial charge in [0.25, 0.3) is 0 Å². The maximum Gasteiger partial charge on any atom is 0.471 e. The minimum Gasteiger partial charge on any atom is -0.444 e. The highest BCUT2D eigenvalue weighted by atomic mass is 19.4. The fraction of sp³-hybridized carbons (Fsp3) is 0.621. The van der Waals surface area contributed by atoms with Crippen molar-refractivity contribution in [2.75, 3.05) is 13.1 Å². The summed E-state index contributed by atoms with van der Waals surface area (Å²) in [5, 5.41) is 4.56. The third-order valence-corrected chi connectivity index (χ3v) is 6.92. The number of nitrogens with one attached hydrogen (secondary N) is 2. The molecule has 0 radical (unpaired) electrons. The third-order valence-electron chi connectivity index (χ3n) is 6.92. The summed E-state index contributed by atoms with van der Waals surface area (Å²) in [6.45, 7) is 9.74. The monoisotopic (exact) mass is 551 g/mol. The van der Waals surface area contributed by atoms with Crippen LogP contribution >= 0.6 is 0 Å². The summed E-state index contributed by atoms with van der Waals surface area (Å²) in [7, 11) is 0. The van der Waals surface area contributed by atoms with E-state index in [-0.39, 0.29) is 31.3 Å². The van der Waals surface area contributed by atoms with Gasteiger partial charge in [0.15, 0.2) is 0 Å². The first-order valence-corrected chi connectivity index (χ1v) is 13.6. The van der Waals surface area contributed by atoms with Gasteiger partial charge in [0.1, 0.15) is 11.6 Å². The zero-order valence-corrected chi connectivity index (χ0v) is 23.4. The Bertz CT molecular complexity index is 1090. The second-order valence-electron chi connectivity index (χ2n) is 11.7. The molecule has 2 aliphatic rings. The quantitative estimate of drug-likeness (QED) is 0.403. The highest BCUT2D eigenvalue weighted by molar-refractivity contribution is 5.88. The number of hydrogen-bond donors (Lipinski definition) is 2. The number of carbonyl (C=O) groups is 3. The Kier molecular flexibility index (Phi) is 9.72. The van der Waals surface area contributed by atoms with E-state index in [1.54, 1.807) is 20.8 Å². The van der Waals surface area contributed by atoms with Gasteiger partial charge >= 0.3 is 18.2 Å². The number of nitrogens with zero attached hydrogens (tertiary/aromatic N) is 1. The van der Waals surface area contributed by atoms with Gasteiger partial charge in [-0.15, -0.1) is 0 Å². The summed E-state index contributed by atoms with van der Waals surface area (Å²) in [5.74, 6) is -1.89. The van der Waals surface area contributed by atoms with Gasteiger partial charge < -0.3 is 20.3 Å². The van der Waals surface area contributed by atoms with Gasteiger partial charge in [-0.1, -0.05) is 38.1 Å². The summed E-state index contributed by atoms with van der Waals surface area (Å²) in [4.78, 5) is 39.5. The van der Waals surface area contributed by atoms with E-state index in [9.17, 15) is 27.6 Å². The molecule has 10 heteroatoms. The van der Waals surface area contributed by atoms with E-state index in [1.807, 2.05) is 22.3 Å². The molecule has 1 aliphatic carbocycles. The van der Waals surface area contributed by atoms with E-state index < -0.39 is 29.8 Å². The van der Waals surface area contributed by atoms with Crippen molar-refractivity contribution in [1.29, 1.82) is 0 Å². The molecule has 0 aromatic heterocycles. The maximum atomic E-state index is 14.0. The average Bonchev–Trinajstić information content (AvgIpc) is 3.20. The number of carbonyl (C=O) groups excluding carboxylic acids is 3. The zero-order valence-electron chi connectivity index (χ0n) is 23.4. The van der Waals surface area contributed by atoms with E-state index in [0.29, 0.717) is 18.9 Å². The predicted octanol–water partition coefficient (Wildman–Crippen LogP) is 5.39. The Balaban J connectivity index is 1.76. The van der Waals surface area contributed by atoms with E-state index in [1.165, 1.54) is 22.3 Å². The molecule has 1 aromatic rings. The molecule has 0 fully saturated rings. The van der Waals surface area contributed by atoms with Crippen molar-refractivity contribution in [2.45, 2.75) is 97.0 Å². The van der Waals surface area contributed by atoms with Crippen LogP contribution in [0.5, 0.6) is 0 Å². The number of fused-ring (bicyclic) bond motifs is 2. The molecule has 0 saturated carbocycles. The van der Waals surface area contributed by atoms with Crippen molar-refractivity contribution in [3.63, 3.8) is 0 Å². The molecule has 7 nitrogen and oxygen atoms in total. The minimum atomic E-state index is -4.94. The van der Waals surface area contributed by atoms with Gasteiger partial charge in [-0.25, -0.2) is 4.79 Å². The van der Waals surface area contributed by atoms with Crippen molar-refractivity contribution in [3.05, 3.63) is 41.0 Å². The molecular formula is C29H40F3N3O4. The number of halogens is 3. The number of rotatable bonds is 9. The first-order chi connectivity index (χ1) is 18.2. The van der Waals surface area contributed by atoms with Gasteiger partial charge in [-0.05, 0) is 87.5 Å². The molecule has 3 amide bonds. The molecule has 0 spiro atoms. The summed E-state index contributed by atoms with van der Waals surface area (Å²) in [5.41, 5.74) is 4.29. The third kappa shape index (κ3) is 8.22. The molecule has 1 unspecified atom stereocenters. The van der Waals surface area contributed by atoms with Crippen molar-refractivity contribution in [2.24, 2.45) is 5.92 Å². The molecular weight excluding hydrogens is 511 g/mol. The van der Waals surface area contributed by atoms with Crippen LogP contribution in [0.25, 0.3) is 5.57 Å². The van der Waals surface area contributed by atoms with Crippen LogP contribution in [0, 0.1) is 5.92 Å². The zero-order chi connectivity index (χ0) is 29.0. The Labute approximate surface area is 228 Å². The van der Waals surface area contributed by atoms with E-state index in [4.69, 9.17) is 4.74 Å². The summed E-state index contributed by atoms with van der Waals surface area (Å²) in [6, 6.07) is 7.29. The lowest BCUT2D eigenvalue weighted by molar-refractivity contribution is -0.173.